The Bertz CT molecular complexity index is 505. The van der Waals surface area contributed by atoms with Gasteiger partial charge in [-0.1, -0.05) is 29.3 Å². The van der Waals surface area contributed by atoms with Crippen molar-refractivity contribution in [3.63, 3.8) is 0 Å². The highest BCUT2D eigenvalue weighted by atomic mass is 35.5. The molecule has 0 bridgehead atoms. The summed E-state index contributed by atoms with van der Waals surface area (Å²) in [7, 11) is 0. The summed E-state index contributed by atoms with van der Waals surface area (Å²) in [6, 6.07) is 4.35. The van der Waals surface area contributed by atoms with Crippen LogP contribution < -0.4 is 5.73 Å². The normalized spacial score (nSPS) is 20.4. The van der Waals surface area contributed by atoms with Crippen LogP contribution in [-0.4, -0.2) is 22.8 Å². The number of imide groups is 1. The van der Waals surface area contributed by atoms with E-state index in [4.69, 9.17) is 28.9 Å². The molecule has 1 unspecified atom stereocenters. The van der Waals surface area contributed by atoms with Gasteiger partial charge in [0, 0.05) is 16.5 Å². The van der Waals surface area contributed by atoms with Gasteiger partial charge in [-0.25, -0.2) is 0 Å². The predicted molar refractivity (Wildman–Crippen MR) is 69.2 cm³/mol. The zero-order valence-electron chi connectivity index (χ0n) is 9.53. The fraction of sp³-hybridized carbons (Fsp3) is 0.333. The number of rotatable bonds is 2. The Labute approximate surface area is 115 Å². The van der Waals surface area contributed by atoms with Crippen LogP contribution in [0.4, 0.5) is 0 Å². The van der Waals surface area contributed by atoms with Gasteiger partial charge in [0.15, 0.2) is 0 Å². The predicted octanol–water partition coefficient (Wildman–Crippen LogP) is 1.97. The molecule has 1 aliphatic rings. The zero-order chi connectivity index (χ0) is 13.3. The fourth-order valence-electron chi connectivity index (χ4n) is 1.85. The summed E-state index contributed by atoms with van der Waals surface area (Å²) in [6.07, 6.45) is 0.695. The molecule has 6 heteroatoms. The molecule has 18 heavy (non-hydrogen) atoms. The summed E-state index contributed by atoms with van der Waals surface area (Å²) in [5.74, 6) is -0.565. The minimum atomic E-state index is -0.603. The smallest absolute Gasteiger partial charge is 0.246 e. The van der Waals surface area contributed by atoms with Crippen molar-refractivity contribution in [2.75, 3.05) is 0 Å². The van der Waals surface area contributed by atoms with Crippen molar-refractivity contribution in [1.29, 1.82) is 0 Å². The Morgan fingerprint density at radius 3 is 2.72 bits per heavy atom. The summed E-state index contributed by atoms with van der Waals surface area (Å²) in [5.41, 5.74) is 6.33. The van der Waals surface area contributed by atoms with Crippen LogP contribution >= 0.6 is 23.2 Å². The number of carbonyl (C=O) groups excluding carboxylic acids is 2. The zero-order valence-corrected chi connectivity index (χ0v) is 11.0. The standard InChI is InChI=1S/C12H12Cl2N2O2/c13-8-2-1-7(9(14)5-8)6-16-11(17)4-3-10(15)12(16)18/h1-2,5,10H,3-4,6,15H2. The molecule has 2 rings (SSSR count). The Hall–Kier alpha value is -1.10. The molecule has 1 fully saturated rings. The third kappa shape index (κ3) is 2.66. The molecule has 0 spiro atoms. The molecular weight excluding hydrogens is 275 g/mol. The van der Waals surface area contributed by atoms with E-state index in [1.54, 1.807) is 18.2 Å². The number of hydrogen-bond acceptors (Lipinski definition) is 3. The van der Waals surface area contributed by atoms with Crippen LogP contribution in [0.1, 0.15) is 18.4 Å². The molecule has 0 aromatic heterocycles. The first-order valence-electron chi connectivity index (χ1n) is 5.53. The molecule has 1 aromatic carbocycles. The van der Waals surface area contributed by atoms with Crippen LogP contribution in [0.15, 0.2) is 18.2 Å². The molecule has 2 N–H and O–H groups in total. The molecular formula is C12H12Cl2N2O2. The second-order valence-electron chi connectivity index (χ2n) is 4.20. The SMILES string of the molecule is NC1CCC(=O)N(Cc2ccc(Cl)cc2Cl)C1=O. The van der Waals surface area contributed by atoms with E-state index in [0.29, 0.717) is 22.0 Å². The first-order chi connectivity index (χ1) is 8.49. The number of nitrogens with two attached hydrogens (primary N) is 1. The van der Waals surface area contributed by atoms with Crippen LogP contribution in [0, 0.1) is 0 Å². The molecule has 2 amide bonds. The Kier molecular flexibility index (Phi) is 3.90. The van der Waals surface area contributed by atoms with Crippen LogP contribution in [0.3, 0.4) is 0 Å². The number of benzene rings is 1. The van der Waals surface area contributed by atoms with Crippen LogP contribution in [-0.2, 0) is 16.1 Å². The second kappa shape index (κ2) is 5.26. The molecule has 1 aromatic rings. The van der Waals surface area contributed by atoms with Crippen molar-refractivity contribution in [3.05, 3.63) is 33.8 Å². The minimum absolute atomic E-state index is 0.140. The molecule has 0 radical (unpaired) electrons. The lowest BCUT2D eigenvalue weighted by Crippen LogP contribution is -2.50. The average molecular weight is 287 g/mol. The maximum absolute atomic E-state index is 11.8. The average Bonchev–Trinajstić information content (AvgIpc) is 2.32. The van der Waals surface area contributed by atoms with Crippen LogP contribution in [0.25, 0.3) is 0 Å². The maximum Gasteiger partial charge on any atom is 0.246 e. The molecule has 1 aliphatic heterocycles. The van der Waals surface area contributed by atoms with Gasteiger partial charge in [0.2, 0.25) is 11.8 Å². The molecule has 1 atom stereocenters. The molecule has 96 valence electrons. The summed E-state index contributed by atoms with van der Waals surface area (Å²) in [5, 5.41) is 0.944. The Morgan fingerprint density at radius 1 is 1.33 bits per heavy atom. The highest BCUT2D eigenvalue weighted by Crippen LogP contribution is 2.24. The number of nitrogens with zero attached hydrogens (tertiary/aromatic N) is 1. The van der Waals surface area contributed by atoms with Crippen LogP contribution in [0.5, 0.6) is 0 Å². The van der Waals surface area contributed by atoms with E-state index in [9.17, 15) is 9.59 Å². The van der Waals surface area contributed by atoms with E-state index in [1.165, 1.54) is 0 Å². The van der Waals surface area contributed by atoms with E-state index >= 15 is 0 Å². The lowest BCUT2D eigenvalue weighted by molar-refractivity contribution is -0.149. The van der Waals surface area contributed by atoms with E-state index in [2.05, 4.69) is 0 Å². The number of halogens is 2. The lowest BCUT2D eigenvalue weighted by Gasteiger charge is -2.28. The van der Waals surface area contributed by atoms with Gasteiger partial charge < -0.3 is 5.73 Å². The third-order valence-electron chi connectivity index (χ3n) is 2.90. The maximum atomic E-state index is 11.8. The van der Waals surface area contributed by atoms with Crippen molar-refractivity contribution < 1.29 is 9.59 Å². The van der Waals surface area contributed by atoms with Gasteiger partial charge in [0.1, 0.15) is 0 Å². The summed E-state index contributed by atoms with van der Waals surface area (Å²) >= 11 is 11.8. The Morgan fingerprint density at radius 2 is 2.06 bits per heavy atom. The quantitative estimate of drug-likeness (QED) is 0.846. The van der Waals surface area contributed by atoms with Gasteiger partial charge in [-0.2, -0.15) is 0 Å². The fourth-order valence-corrected chi connectivity index (χ4v) is 2.32. The Balaban J connectivity index is 2.21. The molecule has 4 nitrogen and oxygen atoms in total. The number of piperidine rings is 1. The molecule has 0 aliphatic carbocycles. The highest BCUT2D eigenvalue weighted by Gasteiger charge is 2.32. The second-order valence-corrected chi connectivity index (χ2v) is 5.04. The van der Waals surface area contributed by atoms with Gasteiger partial charge in [-0.15, -0.1) is 0 Å². The van der Waals surface area contributed by atoms with Gasteiger partial charge in [0.05, 0.1) is 12.6 Å². The number of hydrogen-bond donors (Lipinski definition) is 1. The third-order valence-corrected chi connectivity index (χ3v) is 3.48. The van der Waals surface area contributed by atoms with Gasteiger partial charge in [-0.05, 0) is 24.1 Å². The number of likely N-dealkylation sites (tertiary alicyclic amines) is 1. The van der Waals surface area contributed by atoms with E-state index in [1.807, 2.05) is 0 Å². The highest BCUT2D eigenvalue weighted by molar-refractivity contribution is 6.35. The number of carbonyl (C=O) groups is 2. The first-order valence-corrected chi connectivity index (χ1v) is 6.28. The van der Waals surface area contributed by atoms with Crippen LogP contribution in [0.2, 0.25) is 10.0 Å². The van der Waals surface area contributed by atoms with Crippen molar-refractivity contribution >= 4 is 35.0 Å². The van der Waals surface area contributed by atoms with Gasteiger partial charge in [0.25, 0.3) is 0 Å². The van der Waals surface area contributed by atoms with Crippen molar-refractivity contribution in [2.45, 2.75) is 25.4 Å². The van der Waals surface area contributed by atoms with E-state index in [-0.39, 0.29) is 24.8 Å². The largest absolute Gasteiger partial charge is 0.320 e. The summed E-state index contributed by atoms with van der Waals surface area (Å²) < 4.78 is 0. The van der Waals surface area contributed by atoms with Crippen molar-refractivity contribution in [1.82, 2.24) is 4.90 Å². The topological polar surface area (TPSA) is 63.4 Å². The van der Waals surface area contributed by atoms with Gasteiger partial charge >= 0.3 is 0 Å². The van der Waals surface area contributed by atoms with Crippen molar-refractivity contribution in [3.8, 4) is 0 Å². The lowest BCUT2D eigenvalue weighted by atomic mass is 10.0. The summed E-state index contributed by atoms with van der Waals surface area (Å²) in [4.78, 5) is 24.7. The van der Waals surface area contributed by atoms with Gasteiger partial charge in [-0.3, -0.25) is 14.5 Å². The molecule has 1 heterocycles. The minimum Gasteiger partial charge on any atom is -0.320 e. The molecule has 1 saturated heterocycles. The van der Waals surface area contributed by atoms with E-state index < -0.39 is 6.04 Å². The first kappa shape index (κ1) is 13.3. The molecule has 0 saturated carbocycles. The summed E-state index contributed by atoms with van der Waals surface area (Å²) in [6.45, 7) is 0.140. The van der Waals surface area contributed by atoms with E-state index in [0.717, 1.165) is 4.90 Å². The monoisotopic (exact) mass is 286 g/mol. The number of amides is 2. The van der Waals surface area contributed by atoms with Crippen molar-refractivity contribution in [2.24, 2.45) is 5.73 Å².